The number of benzene rings is 2. The molecule has 3 heterocycles. The van der Waals surface area contributed by atoms with Crippen LogP contribution in [0.3, 0.4) is 0 Å². The van der Waals surface area contributed by atoms with Crippen molar-refractivity contribution in [3.8, 4) is 17.0 Å². The second-order valence-electron chi connectivity index (χ2n) is 8.46. The third-order valence-corrected chi connectivity index (χ3v) is 5.84. The molecule has 0 unspecified atom stereocenters. The molecule has 0 saturated carbocycles. The lowest BCUT2D eigenvalue weighted by molar-refractivity contribution is 0.0952. The molecule has 2 amide bonds. The summed E-state index contributed by atoms with van der Waals surface area (Å²) >= 11 is 0. The molecule has 0 fully saturated rings. The Bertz CT molecular complexity index is 1530. The number of carbonyl (C=O) groups is 2. The molecule has 0 radical (unpaired) electrons. The molecule has 5 rings (SSSR count). The first-order valence-corrected chi connectivity index (χ1v) is 11.9. The van der Waals surface area contributed by atoms with Gasteiger partial charge in [-0.15, -0.1) is 0 Å². The van der Waals surface area contributed by atoms with E-state index in [2.05, 4.69) is 15.7 Å². The van der Waals surface area contributed by atoms with Gasteiger partial charge in [-0.25, -0.2) is 9.67 Å². The minimum absolute atomic E-state index is 0.0333. The number of nitrogens with zero attached hydrogens (tertiary/aromatic N) is 3. The van der Waals surface area contributed by atoms with Crippen LogP contribution in [0.2, 0.25) is 0 Å². The molecule has 0 aliphatic carbocycles. The van der Waals surface area contributed by atoms with E-state index < -0.39 is 0 Å². The highest BCUT2D eigenvalue weighted by Crippen LogP contribution is 2.25. The van der Waals surface area contributed by atoms with Crippen molar-refractivity contribution in [2.24, 2.45) is 0 Å². The van der Waals surface area contributed by atoms with Crippen molar-refractivity contribution < 1.29 is 19.1 Å². The normalized spacial score (nSPS) is 10.9. The van der Waals surface area contributed by atoms with Crippen LogP contribution in [-0.4, -0.2) is 44.8 Å². The molecule has 3 N–H and O–H groups in total. The number of furan rings is 1. The van der Waals surface area contributed by atoms with E-state index in [-0.39, 0.29) is 17.6 Å². The number of rotatable bonds is 9. The zero-order valence-electron chi connectivity index (χ0n) is 19.9. The fraction of sp³-hybridized carbons (Fsp3) is 0.143. The molecular weight excluding hydrogens is 470 g/mol. The highest BCUT2D eigenvalue weighted by Gasteiger charge is 2.18. The Labute approximate surface area is 212 Å². The largest absolute Gasteiger partial charge is 0.508 e. The quantitative estimate of drug-likeness (QED) is 0.266. The minimum Gasteiger partial charge on any atom is -0.508 e. The first-order valence-electron chi connectivity index (χ1n) is 11.9. The first kappa shape index (κ1) is 23.8. The lowest BCUT2D eigenvalue weighted by Crippen LogP contribution is -2.30. The van der Waals surface area contributed by atoms with Gasteiger partial charge in [-0.1, -0.05) is 36.4 Å². The summed E-state index contributed by atoms with van der Waals surface area (Å²) in [7, 11) is 0. The van der Waals surface area contributed by atoms with E-state index in [1.807, 2.05) is 42.5 Å². The van der Waals surface area contributed by atoms with E-state index in [9.17, 15) is 14.7 Å². The number of phenols is 1. The Morgan fingerprint density at radius 3 is 2.49 bits per heavy atom. The van der Waals surface area contributed by atoms with Crippen molar-refractivity contribution in [2.45, 2.75) is 13.0 Å². The summed E-state index contributed by atoms with van der Waals surface area (Å²) in [6.07, 6.45) is 3.78. The SMILES string of the molecule is O=C(NCCCNC(=O)c1cc(-c2ccccc2)nc2c1cnn2Cc1ccco1)c1cccc(O)c1. The van der Waals surface area contributed by atoms with Gasteiger partial charge in [0.2, 0.25) is 0 Å². The third kappa shape index (κ3) is 5.51. The number of amides is 2. The molecule has 186 valence electrons. The van der Waals surface area contributed by atoms with E-state index in [1.165, 1.54) is 12.1 Å². The predicted molar refractivity (Wildman–Crippen MR) is 138 cm³/mol. The maximum atomic E-state index is 13.2. The van der Waals surface area contributed by atoms with Crippen molar-refractivity contribution in [3.05, 3.63) is 102 Å². The second-order valence-corrected chi connectivity index (χ2v) is 8.46. The highest BCUT2D eigenvalue weighted by molar-refractivity contribution is 6.06. The van der Waals surface area contributed by atoms with E-state index >= 15 is 0 Å². The van der Waals surface area contributed by atoms with Crippen LogP contribution in [0, 0.1) is 0 Å². The Balaban J connectivity index is 1.30. The standard InChI is InChI=1S/C28H25N5O4/c34-21-10-4-9-20(15-21)27(35)29-12-6-13-30-28(36)23-16-25(19-7-2-1-3-8-19)32-26-24(23)17-31-33(26)18-22-11-5-14-37-22/h1-5,7-11,14-17,34H,6,12-13,18H2,(H,29,35)(H,30,36). The van der Waals surface area contributed by atoms with Crippen molar-refractivity contribution in [1.82, 2.24) is 25.4 Å². The zero-order valence-corrected chi connectivity index (χ0v) is 19.9. The molecule has 5 aromatic rings. The Morgan fingerprint density at radius 1 is 0.919 bits per heavy atom. The number of fused-ring (bicyclic) bond motifs is 1. The molecule has 3 aromatic heterocycles. The summed E-state index contributed by atoms with van der Waals surface area (Å²) in [5.41, 5.74) is 2.99. The summed E-state index contributed by atoms with van der Waals surface area (Å²) in [6, 6.07) is 21.3. The molecular formula is C28H25N5O4. The number of nitrogens with one attached hydrogen (secondary N) is 2. The fourth-order valence-corrected chi connectivity index (χ4v) is 3.99. The summed E-state index contributed by atoms with van der Waals surface area (Å²) in [5, 5.41) is 20.4. The third-order valence-electron chi connectivity index (χ3n) is 5.84. The molecule has 0 spiro atoms. The Hall–Kier alpha value is -4.92. The second kappa shape index (κ2) is 10.8. The van der Waals surface area contributed by atoms with Crippen LogP contribution < -0.4 is 10.6 Å². The molecule has 0 bridgehead atoms. The van der Waals surface area contributed by atoms with Crippen LogP contribution in [0.5, 0.6) is 5.75 Å². The smallest absolute Gasteiger partial charge is 0.252 e. The monoisotopic (exact) mass is 495 g/mol. The minimum atomic E-state index is -0.283. The van der Waals surface area contributed by atoms with E-state index in [0.29, 0.717) is 53.9 Å². The molecule has 0 aliphatic heterocycles. The molecule has 0 atom stereocenters. The zero-order chi connectivity index (χ0) is 25.6. The van der Waals surface area contributed by atoms with Crippen molar-refractivity contribution in [2.75, 3.05) is 13.1 Å². The predicted octanol–water partition coefficient (Wildman–Crippen LogP) is 4.00. The number of carbonyl (C=O) groups excluding carboxylic acids is 2. The summed E-state index contributed by atoms with van der Waals surface area (Å²) in [6.45, 7) is 1.13. The molecule has 0 saturated heterocycles. The average molecular weight is 496 g/mol. The number of aromatic nitrogens is 3. The van der Waals surface area contributed by atoms with Crippen LogP contribution in [0.25, 0.3) is 22.3 Å². The van der Waals surface area contributed by atoms with Gasteiger partial charge >= 0.3 is 0 Å². The van der Waals surface area contributed by atoms with Gasteiger partial charge < -0.3 is 20.2 Å². The van der Waals surface area contributed by atoms with Crippen molar-refractivity contribution >= 4 is 22.8 Å². The fourth-order valence-electron chi connectivity index (χ4n) is 3.99. The summed E-state index contributed by atoms with van der Waals surface area (Å²) in [4.78, 5) is 30.2. The topological polar surface area (TPSA) is 122 Å². The lowest BCUT2D eigenvalue weighted by atomic mass is 10.1. The van der Waals surface area contributed by atoms with Crippen molar-refractivity contribution in [3.63, 3.8) is 0 Å². The van der Waals surface area contributed by atoms with Crippen molar-refractivity contribution in [1.29, 1.82) is 0 Å². The molecule has 0 aliphatic rings. The van der Waals surface area contributed by atoms with Crippen LogP contribution >= 0.6 is 0 Å². The van der Waals surface area contributed by atoms with Gasteiger partial charge in [0.1, 0.15) is 18.1 Å². The van der Waals surface area contributed by atoms with Crippen LogP contribution in [-0.2, 0) is 6.54 Å². The Morgan fingerprint density at radius 2 is 1.73 bits per heavy atom. The van der Waals surface area contributed by atoms with Gasteiger partial charge in [0.25, 0.3) is 11.8 Å². The number of aromatic hydroxyl groups is 1. The van der Waals surface area contributed by atoms with Gasteiger partial charge in [-0.2, -0.15) is 5.10 Å². The number of hydrogen-bond acceptors (Lipinski definition) is 6. The Kier molecular flexibility index (Phi) is 6.93. The first-order chi connectivity index (χ1) is 18.1. The van der Waals surface area contributed by atoms with Gasteiger partial charge in [0.05, 0.1) is 29.1 Å². The van der Waals surface area contributed by atoms with Crippen LogP contribution in [0.4, 0.5) is 0 Å². The number of phenolic OH excluding ortho intramolecular Hbond substituents is 1. The maximum absolute atomic E-state index is 13.2. The highest BCUT2D eigenvalue weighted by atomic mass is 16.3. The lowest BCUT2D eigenvalue weighted by Gasteiger charge is -2.10. The summed E-state index contributed by atoms with van der Waals surface area (Å²) in [5.74, 6) is 0.234. The average Bonchev–Trinajstić information content (AvgIpc) is 3.58. The molecule has 9 nitrogen and oxygen atoms in total. The molecule has 2 aromatic carbocycles. The van der Waals surface area contributed by atoms with Gasteiger partial charge in [0, 0.05) is 24.2 Å². The van der Waals surface area contributed by atoms with Gasteiger partial charge in [-0.05, 0) is 42.8 Å². The van der Waals surface area contributed by atoms with Crippen LogP contribution in [0.1, 0.15) is 32.9 Å². The number of hydrogen-bond donors (Lipinski definition) is 3. The van der Waals surface area contributed by atoms with E-state index in [1.54, 1.807) is 35.3 Å². The number of pyridine rings is 1. The molecule has 9 heteroatoms. The van der Waals surface area contributed by atoms with Crippen LogP contribution in [0.15, 0.2) is 89.7 Å². The maximum Gasteiger partial charge on any atom is 0.252 e. The molecule has 37 heavy (non-hydrogen) atoms. The van der Waals surface area contributed by atoms with E-state index in [0.717, 1.165) is 11.3 Å². The van der Waals surface area contributed by atoms with Gasteiger partial charge in [-0.3, -0.25) is 9.59 Å². The van der Waals surface area contributed by atoms with Gasteiger partial charge in [0.15, 0.2) is 5.65 Å². The van der Waals surface area contributed by atoms with E-state index in [4.69, 9.17) is 9.40 Å². The summed E-state index contributed by atoms with van der Waals surface area (Å²) < 4.78 is 7.18.